The van der Waals surface area contributed by atoms with Crippen LogP contribution >= 0.6 is 11.6 Å². The molecule has 1 fully saturated rings. The Morgan fingerprint density at radius 3 is 2.72 bits per heavy atom. The van der Waals surface area contributed by atoms with Crippen molar-refractivity contribution < 1.29 is 22.6 Å². The predicted octanol–water partition coefficient (Wildman–Crippen LogP) is 5.16. The summed E-state index contributed by atoms with van der Waals surface area (Å²) < 4.78 is 55.5. The first-order valence-corrected chi connectivity index (χ1v) is 12.2. The summed E-state index contributed by atoms with van der Waals surface area (Å²) in [6, 6.07) is 2.52. The summed E-state index contributed by atoms with van der Waals surface area (Å²) in [4.78, 5) is 16.9. The summed E-state index contributed by atoms with van der Waals surface area (Å²) in [5.41, 5.74) is 0.802. The van der Waals surface area contributed by atoms with Gasteiger partial charge in [0.15, 0.2) is 28.5 Å². The van der Waals surface area contributed by atoms with Gasteiger partial charge in [-0.25, -0.2) is 19.5 Å². The molecule has 0 radical (unpaired) electrons. The lowest BCUT2D eigenvalue weighted by atomic mass is 10.0. The van der Waals surface area contributed by atoms with Crippen molar-refractivity contribution in [2.45, 2.75) is 18.5 Å². The molecule has 1 aliphatic rings. The minimum absolute atomic E-state index is 0.184. The minimum atomic E-state index is -4.61. The number of rotatable bonds is 6. The van der Waals surface area contributed by atoms with Gasteiger partial charge in [0.2, 0.25) is 5.95 Å². The van der Waals surface area contributed by atoms with Crippen LogP contribution in [0, 0.1) is 0 Å². The van der Waals surface area contributed by atoms with E-state index in [0.29, 0.717) is 47.9 Å². The summed E-state index contributed by atoms with van der Waals surface area (Å²) >= 11 is 6.72. The van der Waals surface area contributed by atoms with E-state index < -0.39 is 11.9 Å². The number of hydrogen-bond acceptors (Lipinski definition) is 9. The second-order valence-corrected chi connectivity index (χ2v) is 9.26. The average Bonchev–Trinajstić information content (AvgIpc) is 3.65. The maximum absolute atomic E-state index is 13.6. The third-order valence-corrected chi connectivity index (χ3v) is 6.76. The van der Waals surface area contributed by atoms with Crippen LogP contribution in [0.3, 0.4) is 0 Å². The number of hydrogen-bond donors (Lipinski definition) is 2. The molecule has 0 aliphatic carbocycles. The molecule has 0 amide bonds. The highest BCUT2D eigenvalue weighted by atomic mass is 35.5. The number of nitrogens with zero attached hydrogens (tertiary/aromatic N) is 7. The fourth-order valence-corrected chi connectivity index (χ4v) is 4.76. The lowest BCUT2D eigenvalue weighted by Gasteiger charge is -2.15. The molecule has 11 nitrogen and oxygen atoms in total. The third kappa shape index (κ3) is 4.55. The maximum Gasteiger partial charge on any atom is 0.433 e. The first-order valence-electron chi connectivity index (χ1n) is 11.9. The Bertz CT molecular complexity index is 1700. The number of fused-ring (bicyclic) bond motifs is 2. The van der Waals surface area contributed by atoms with Crippen LogP contribution < -0.4 is 15.4 Å². The Kier molecular flexibility index (Phi) is 6.14. The Morgan fingerprint density at radius 2 is 1.97 bits per heavy atom. The van der Waals surface area contributed by atoms with Crippen LogP contribution in [0.15, 0.2) is 36.9 Å². The van der Waals surface area contributed by atoms with Gasteiger partial charge in [-0.3, -0.25) is 0 Å². The lowest BCUT2D eigenvalue weighted by Crippen LogP contribution is -2.13. The van der Waals surface area contributed by atoms with Crippen LogP contribution in [-0.4, -0.2) is 54.4 Å². The van der Waals surface area contributed by atoms with Gasteiger partial charge in [-0.1, -0.05) is 11.6 Å². The van der Waals surface area contributed by atoms with Crippen LogP contribution in [0.25, 0.3) is 16.7 Å². The zero-order chi connectivity index (χ0) is 27.3. The molecule has 6 rings (SSSR count). The highest BCUT2D eigenvalue weighted by molar-refractivity contribution is 6.36. The fraction of sp³-hybridized carbons (Fsp3) is 0.292. The summed E-state index contributed by atoms with van der Waals surface area (Å²) in [5.74, 6) is 1.22. The van der Waals surface area contributed by atoms with E-state index in [4.69, 9.17) is 21.1 Å². The molecule has 0 aromatic carbocycles. The number of halogens is 4. The SMILES string of the molecule is CNc1nccn2ncc(Oc3cnc4nc(Nc5cc([C@H]6CCOC6)nc(C(F)(F)F)c5)n(C)c4c3Cl)c12. The van der Waals surface area contributed by atoms with Crippen molar-refractivity contribution in [2.75, 3.05) is 30.9 Å². The van der Waals surface area contributed by atoms with Crippen molar-refractivity contribution in [3.63, 3.8) is 0 Å². The van der Waals surface area contributed by atoms with Gasteiger partial charge in [0.25, 0.3) is 0 Å². The van der Waals surface area contributed by atoms with Crippen LogP contribution in [0.4, 0.5) is 30.6 Å². The molecule has 39 heavy (non-hydrogen) atoms. The molecule has 6 heterocycles. The molecule has 1 saturated heterocycles. The number of ether oxygens (including phenoxy) is 2. The van der Waals surface area contributed by atoms with E-state index in [1.54, 1.807) is 41.6 Å². The second kappa shape index (κ2) is 9.54. The fourth-order valence-electron chi connectivity index (χ4n) is 4.46. The van der Waals surface area contributed by atoms with E-state index in [2.05, 4.69) is 35.7 Å². The van der Waals surface area contributed by atoms with Crippen molar-refractivity contribution in [3.8, 4) is 11.5 Å². The number of pyridine rings is 2. The van der Waals surface area contributed by atoms with Gasteiger partial charge in [0.1, 0.15) is 16.2 Å². The maximum atomic E-state index is 13.6. The summed E-state index contributed by atoms with van der Waals surface area (Å²) in [6.07, 6.45) is 2.22. The topological polar surface area (TPSA) is 116 Å². The molecule has 1 aliphatic heterocycles. The van der Waals surface area contributed by atoms with Crippen LogP contribution in [0.2, 0.25) is 5.02 Å². The summed E-state index contributed by atoms with van der Waals surface area (Å²) in [6.45, 7) is 0.799. The lowest BCUT2D eigenvalue weighted by molar-refractivity contribution is -0.141. The monoisotopic (exact) mass is 559 g/mol. The second-order valence-electron chi connectivity index (χ2n) is 8.88. The molecule has 0 spiro atoms. The molecular formula is C24H21ClF3N9O2. The molecular weight excluding hydrogens is 539 g/mol. The Balaban J connectivity index is 1.36. The van der Waals surface area contributed by atoms with Gasteiger partial charge in [-0.05, 0) is 18.6 Å². The van der Waals surface area contributed by atoms with Crippen LogP contribution in [0.5, 0.6) is 11.5 Å². The van der Waals surface area contributed by atoms with E-state index >= 15 is 0 Å². The molecule has 0 saturated carbocycles. The molecule has 15 heteroatoms. The zero-order valence-electron chi connectivity index (χ0n) is 20.6. The Labute approximate surface area is 224 Å². The third-order valence-electron chi connectivity index (χ3n) is 6.40. The normalized spacial score (nSPS) is 15.8. The Hall–Kier alpha value is -4.17. The van der Waals surface area contributed by atoms with Crippen molar-refractivity contribution in [1.82, 2.24) is 34.1 Å². The summed E-state index contributed by atoms with van der Waals surface area (Å²) in [7, 11) is 3.40. The highest BCUT2D eigenvalue weighted by Crippen LogP contribution is 2.38. The number of alkyl halides is 3. The largest absolute Gasteiger partial charge is 0.450 e. The minimum Gasteiger partial charge on any atom is -0.450 e. The van der Waals surface area contributed by atoms with E-state index in [9.17, 15) is 13.2 Å². The standard InChI is InChI=1S/C24H21ClF3N9O2/c1-29-21-19-16(10-32-37(19)5-4-30-21)39-15-9-31-22-20(18(15)25)36(2)23(35-22)33-13-7-14(12-3-6-38-11-12)34-17(8-13)24(26,27)28/h4-5,7-10,12H,3,6,11H2,1-2H3,(H,29,30)(H,31,33,34,35)/t12-/m0/s1. The zero-order valence-corrected chi connectivity index (χ0v) is 21.4. The molecule has 5 aromatic heterocycles. The van der Waals surface area contributed by atoms with Gasteiger partial charge in [-0.15, -0.1) is 0 Å². The van der Waals surface area contributed by atoms with Crippen LogP contribution in [0.1, 0.15) is 23.7 Å². The molecule has 0 bridgehead atoms. The quantitative estimate of drug-likeness (QED) is 0.291. The molecule has 1 atom stereocenters. The number of imidazole rings is 1. The van der Waals surface area contributed by atoms with E-state index in [0.717, 1.165) is 6.07 Å². The van der Waals surface area contributed by atoms with Crippen molar-refractivity contribution in [3.05, 3.63) is 53.3 Å². The Morgan fingerprint density at radius 1 is 1.13 bits per heavy atom. The number of aryl methyl sites for hydroxylation is 1. The van der Waals surface area contributed by atoms with Gasteiger partial charge in [0, 0.05) is 50.4 Å². The van der Waals surface area contributed by atoms with E-state index in [-0.39, 0.29) is 34.0 Å². The van der Waals surface area contributed by atoms with Gasteiger partial charge < -0.3 is 24.7 Å². The number of anilines is 3. The predicted molar refractivity (Wildman–Crippen MR) is 137 cm³/mol. The van der Waals surface area contributed by atoms with Crippen LogP contribution in [-0.2, 0) is 18.0 Å². The summed E-state index contributed by atoms with van der Waals surface area (Å²) in [5, 5.41) is 10.4. The first-order chi connectivity index (χ1) is 18.7. The van der Waals surface area contributed by atoms with E-state index in [1.165, 1.54) is 12.4 Å². The molecule has 5 aromatic rings. The van der Waals surface area contributed by atoms with E-state index in [1.807, 2.05) is 0 Å². The van der Waals surface area contributed by atoms with Gasteiger partial charge in [-0.2, -0.15) is 23.3 Å². The first kappa shape index (κ1) is 25.1. The van der Waals surface area contributed by atoms with Crippen molar-refractivity contribution in [2.24, 2.45) is 7.05 Å². The van der Waals surface area contributed by atoms with Crippen molar-refractivity contribution >= 4 is 45.7 Å². The molecule has 0 unspecified atom stereocenters. The molecule has 2 N–H and O–H groups in total. The van der Waals surface area contributed by atoms with Gasteiger partial charge >= 0.3 is 6.18 Å². The average molecular weight is 560 g/mol. The van der Waals surface area contributed by atoms with Crippen molar-refractivity contribution in [1.29, 1.82) is 0 Å². The highest BCUT2D eigenvalue weighted by Gasteiger charge is 2.34. The molecule has 202 valence electrons. The smallest absolute Gasteiger partial charge is 0.433 e. The number of aromatic nitrogens is 7. The number of nitrogens with one attached hydrogen (secondary N) is 2. The van der Waals surface area contributed by atoms with Gasteiger partial charge in [0.05, 0.1) is 19.0 Å².